The van der Waals surface area contributed by atoms with Gasteiger partial charge in [0.15, 0.2) is 5.76 Å². The van der Waals surface area contributed by atoms with Gasteiger partial charge in [0.05, 0.1) is 22.6 Å². The molecule has 0 saturated heterocycles. The Hall–Kier alpha value is -3.93. The summed E-state index contributed by atoms with van der Waals surface area (Å²) in [7, 11) is 0. The lowest BCUT2D eigenvalue weighted by atomic mass is 10.1. The Morgan fingerprint density at radius 2 is 1.90 bits per heavy atom. The van der Waals surface area contributed by atoms with Crippen LogP contribution in [0.5, 0.6) is 11.6 Å². The summed E-state index contributed by atoms with van der Waals surface area (Å²) in [4.78, 5) is 21.9. The highest BCUT2D eigenvalue weighted by Gasteiger charge is 2.22. The van der Waals surface area contributed by atoms with Crippen molar-refractivity contribution < 1.29 is 13.6 Å². The predicted molar refractivity (Wildman–Crippen MR) is 109 cm³/mol. The van der Waals surface area contributed by atoms with Gasteiger partial charge in [-0.2, -0.15) is 0 Å². The fraction of sp³-hybridized carbons (Fsp3) is 0.0870. The molecule has 2 aromatic carbocycles. The number of furan rings is 1. The highest BCUT2D eigenvalue weighted by Crippen LogP contribution is 2.35. The van der Waals surface area contributed by atoms with E-state index in [1.807, 2.05) is 43.3 Å². The Morgan fingerprint density at radius 3 is 2.72 bits per heavy atom. The zero-order valence-corrected chi connectivity index (χ0v) is 15.6. The van der Waals surface area contributed by atoms with Gasteiger partial charge in [0.1, 0.15) is 11.9 Å². The van der Waals surface area contributed by atoms with E-state index >= 15 is 0 Å². The molecule has 3 heterocycles. The van der Waals surface area contributed by atoms with Crippen molar-refractivity contribution in [2.75, 3.05) is 0 Å². The third kappa shape index (κ3) is 2.95. The SMILES string of the molecule is CCc1ccc2oc(-c3ccco3)c(Oc3ncnc4ccccc34)c(=O)c2c1. The van der Waals surface area contributed by atoms with E-state index in [1.165, 1.54) is 12.6 Å². The quantitative estimate of drug-likeness (QED) is 0.416. The number of hydrogen-bond acceptors (Lipinski definition) is 6. The lowest BCUT2D eigenvalue weighted by Crippen LogP contribution is -2.08. The number of aryl methyl sites for hydroxylation is 1. The molecule has 0 amide bonds. The second kappa shape index (κ2) is 6.91. The smallest absolute Gasteiger partial charge is 0.236 e. The van der Waals surface area contributed by atoms with Crippen LogP contribution in [0.15, 0.2) is 80.8 Å². The molecule has 0 fully saturated rings. The van der Waals surface area contributed by atoms with Crippen molar-refractivity contribution in [1.29, 1.82) is 0 Å². The summed E-state index contributed by atoms with van der Waals surface area (Å²) < 4.78 is 17.6. The van der Waals surface area contributed by atoms with Crippen LogP contribution in [0.2, 0.25) is 0 Å². The van der Waals surface area contributed by atoms with Gasteiger partial charge in [-0.1, -0.05) is 25.1 Å². The van der Waals surface area contributed by atoms with Crippen LogP contribution in [0.1, 0.15) is 12.5 Å². The number of hydrogen-bond donors (Lipinski definition) is 0. The number of benzene rings is 2. The molecular weight excluding hydrogens is 368 g/mol. The largest absolute Gasteiger partial charge is 0.461 e. The third-order valence-electron chi connectivity index (χ3n) is 4.77. The molecular formula is C23H16N2O4. The Balaban J connectivity index is 1.77. The van der Waals surface area contributed by atoms with E-state index in [0.717, 1.165) is 17.5 Å². The molecule has 0 aliphatic rings. The predicted octanol–water partition coefficient (Wildman–Crippen LogP) is 5.35. The number of fused-ring (bicyclic) bond motifs is 2. The van der Waals surface area contributed by atoms with E-state index in [4.69, 9.17) is 13.6 Å². The average molecular weight is 384 g/mol. The second-order valence-electron chi connectivity index (χ2n) is 6.55. The molecule has 0 aliphatic heterocycles. The summed E-state index contributed by atoms with van der Waals surface area (Å²) in [6.07, 6.45) is 3.73. The van der Waals surface area contributed by atoms with Gasteiger partial charge in [0, 0.05) is 0 Å². The van der Waals surface area contributed by atoms with E-state index in [-0.39, 0.29) is 22.8 Å². The van der Waals surface area contributed by atoms with Crippen LogP contribution in [0.25, 0.3) is 33.4 Å². The molecule has 29 heavy (non-hydrogen) atoms. The monoisotopic (exact) mass is 384 g/mol. The minimum Gasteiger partial charge on any atom is -0.461 e. The van der Waals surface area contributed by atoms with Gasteiger partial charge in [-0.05, 0) is 48.4 Å². The molecule has 0 saturated carbocycles. The topological polar surface area (TPSA) is 78.4 Å². The standard InChI is InChI=1S/C23H16N2O4/c1-2-14-9-10-18-16(12-14)20(26)22(21(28-18)19-8-5-11-27-19)29-23-15-6-3-4-7-17(15)24-13-25-23/h3-13H,2H2,1H3. The molecule has 0 radical (unpaired) electrons. The summed E-state index contributed by atoms with van der Waals surface area (Å²) in [6.45, 7) is 2.03. The summed E-state index contributed by atoms with van der Waals surface area (Å²) in [6, 6.07) is 16.5. The first-order valence-corrected chi connectivity index (χ1v) is 9.26. The number of rotatable bonds is 4. The highest BCUT2D eigenvalue weighted by atomic mass is 16.5. The van der Waals surface area contributed by atoms with E-state index in [0.29, 0.717) is 22.1 Å². The molecule has 0 spiro atoms. The van der Waals surface area contributed by atoms with E-state index in [2.05, 4.69) is 9.97 Å². The zero-order valence-electron chi connectivity index (χ0n) is 15.6. The van der Waals surface area contributed by atoms with Crippen molar-refractivity contribution in [3.8, 4) is 23.1 Å². The summed E-state index contributed by atoms with van der Waals surface area (Å²) in [5.74, 6) is 0.933. The number of aromatic nitrogens is 2. The fourth-order valence-corrected chi connectivity index (χ4v) is 3.27. The maximum absolute atomic E-state index is 13.4. The van der Waals surface area contributed by atoms with Crippen molar-refractivity contribution in [3.63, 3.8) is 0 Å². The molecule has 142 valence electrons. The average Bonchev–Trinajstić information content (AvgIpc) is 3.30. The molecule has 3 aromatic heterocycles. The molecule has 0 atom stereocenters. The zero-order chi connectivity index (χ0) is 19.8. The molecule has 0 unspecified atom stereocenters. The van der Waals surface area contributed by atoms with Crippen molar-refractivity contribution in [2.45, 2.75) is 13.3 Å². The first-order valence-electron chi connectivity index (χ1n) is 9.26. The Morgan fingerprint density at radius 1 is 1.00 bits per heavy atom. The normalized spacial score (nSPS) is 11.2. The summed E-state index contributed by atoms with van der Waals surface area (Å²) in [5, 5.41) is 1.15. The van der Waals surface area contributed by atoms with Gasteiger partial charge in [-0.15, -0.1) is 0 Å². The van der Waals surface area contributed by atoms with Gasteiger partial charge < -0.3 is 13.6 Å². The molecule has 6 nitrogen and oxygen atoms in total. The maximum Gasteiger partial charge on any atom is 0.236 e. The Labute approximate surface area is 165 Å². The fourth-order valence-electron chi connectivity index (χ4n) is 3.27. The number of ether oxygens (including phenoxy) is 1. The van der Waals surface area contributed by atoms with Crippen LogP contribution < -0.4 is 10.2 Å². The van der Waals surface area contributed by atoms with Crippen LogP contribution >= 0.6 is 0 Å². The number of nitrogens with zero attached hydrogens (tertiary/aromatic N) is 2. The lowest BCUT2D eigenvalue weighted by molar-refractivity contribution is 0.438. The minimum absolute atomic E-state index is 0.0320. The highest BCUT2D eigenvalue weighted by molar-refractivity contribution is 5.85. The summed E-state index contributed by atoms with van der Waals surface area (Å²) >= 11 is 0. The van der Waals surface area contributed by atoms with E-state index in [9.17, 15) is 4.79 Å². The van der Waals surface area contributed by atoms with Gasteiger partial charge in [-0.3, -0.25) is 4.79 Å². The van der Waals surface area contributed by atoms with Crippen LogP contribution in [-0.2, 0) is 6.42 Å². The van der Waals surface area contributed by atoms with E-state index < -0.39 is 0 Å². The van der Waals surface area contributed by atoms with Crippen molar-refractivity contribution >= 4 is 21.9 Å². The van der Waals surface area contributed by atoms with Crippen LogP contribution in [0, 0.1) is 0 Å². The van der Waals surface area contributed by atoms with Crippen molar-refractivity contribution in [2.24, 2.45) is 0 Å². The van der Waals surface area contributed by atoms with Crippen molar-refractivity contribution in [3.05, 3.63) is 83.0 Å². The molecule has 5 rings (SSSR count). The van der Waals surface area contributed by atoms with Crippen LogP contribution in [-0.4, -0.2) is 9.97 Å². The van der Waals surface area contributed by atoms with E-state index in [1.54, 1.807) is 18.2 Å². The third-order valence-corrected chi connectivity index (χ3v) is 4.77. The summed E-state index contributed by atoms with van der Waals surface area (Å²) in [5.41, 5.74) is 1.94. The minimum atomic E-state index is -0.282. The number of para-hydroxylation sites is 1. The van der Waals surface area contributed by atoms with Gasteiger partial charge in [-0.25, -0.2) is 9.97 Å². The first-order chi connectivity index (χ1) is 14.2. The molecule has 0 bridgehead atoms. The first kappa shape index (κ1) is 17.2. The van der Waals surface area contributed by atoms with Crippen LogP contribution in [0.4, 0.5) is 0 Å². The van der Waals surface area contributed by atoms with Crippen molar-refractivity contribution in [1.82, 2.24) is 9.97 Å². The maximum atomic E-state index is 13.4. The van der Waals surface area contributed by atoms with Gasteiger partial charge >= 0.3 is 0 Å². The van der Waals surface area contributed by atoms with Gasteiger partial charge in [0.2, 0.25) is 22.8 Å². The second-order valence-corrected chi connectivity index (χ2v) is 6.55. The molecule has 5 aromatic rings. The Bertz CT molecular complexity index is 1380. The Kier molecular flexibility index (Phi) is 4.09. The molecule has 0 N–H and O–H groups in total. The van der Waals surface area contributed by atoms with Crippen LogP contribution in [0.3, 0.4) is 0 Å². The molecule has 0 aliphatic carbocycles. The van der Waals surface area contributed by atoms with Gasteiger partial charge in [0.25, 0.3) is 0 Å². The lowest BCUT2D eigenvalue weighted by Gasteiger charge is -2.11. The molecule has 6 heteroatoms.